The van der Waals surface area contributed by atoms with E-state index in [-0.39, 0.29) is 5.97 Å². The highest BCUT2D eigenvalue weighted by Crippen LogP contribution is 2.18. The lowest BCUT2D eigenvalue weighted by Crippen LogP contribution is -2.50. The molecule has 1 N–H and O–H groups in total. The van der Waals surface area contributed by atoms with Gasteiger partial charge in [0, 0.05) is 6.54 Å². The second kappa shape index (κ2) is 7.85. The van der Waals surface area contributed by atoms with Crippen LogP contribution in [0, 0.1) is 5.92 Å². The van der Waals surface area contributed by atoms with Crippen molar-refractivity contribution in [1.82, 2.24) is 10.2 Å². The zero-order chi connectivity index (χ0) is 14.3. The predicted molar refractivity (Wildman–Crippen MR) is 78.2 cm³/mol. The van der Waals surface area contributed by atoms with Gasteiger partial charge in [-0.3, -0.25) is 4.79 Å². The fraction of sp³-hybridized carbons (Fsp3) is 0.933. The van der Waals surface area contributed by atoms with Gasteiger partial charge in [-0.15, -0.1) is 0 Å². The van der Waals surface area contributed by atoms with Crippen molar-refractivity contribution in [3.8, 4) is 0 Å². The van der Waals surface area contributed by atoms with Gasteiger partial charge < -0.3 is 15.0 Å². The number of ether oxygens (including phenoxy) is 1. The zero-order valence-corrected chi connectivity index (χ0v) is 13.0. The maximum absolute atomic E-state index is 12.0. The molecule has 0 saturated carbocycles. The molecule has 19 heavy (non-hydrogen) atoms. The maximum atomic E-state index is 12.0. The minimum atomic E-state index is -0.562. The smallest absolute Gasteiger partial charge is 0.326 e. The third kappa shape index (κ3) is 5.11. The normalized spacial score (nSPS) is 24.5. The summed E-state index contributed by atoms with van der Waals surface area (Å²) in [7, 11) is 1.83. The topological polar surface area (TPSA) is 41.6 Å². The number of nitrogens with one attached hydrogen (secondary N) is 1. The molecule has 1 aliphatic rings. The van der Waals surface area contributed by atoms with E-state index in [0.717, 1.165) is 32.0 Å². The summed E-state index contributed by atoms with van der Waals surface area (Å²) in [6.07, 6.45) is 4.68. The molecule has 2 unspecified atom stereocenters. The first-order valence-electron chi connectivity index (χ1n) is 7.60. The lowest BCUT2D eigenvalue weighted by Gasteiger charge is -2.30. The van der Waals surface area contributed by atoms with Crippen LogP contribution in [0.25, 0.3) is 0 Å². The number of carbonyl (C=O) groups excluding carboxylic acids is 1. The van der Waals surface area contributed by atoms with Gasteiger partial charge in [0.05, 0.1) is 6.61 Å². The standard InChI is InChI=1S/C15H30N2O2/c1-5-19-14(18)15(3,16-4)9-12-17-10-6-7-13(2)8-11-17/h13,16H,5-12H2,1-4H3. The van der Waals surface area contributed by atoms with Crippen molar-refractivity contribution in [2.45, 2.75) is 52.0 Å². The van der Waals surface area contributed by atoms with E-state index in [4.69, 9.17) is 4.74 Å². The molecule has 4 nitrogen and oxygen atoms in total. The summed E-state index contributed by atoms with van der Waals surface area (Å²) < 4.78 is 5.16. The third-order valence-electron chi connectivity index (χ3n) is 4.32. The summed E-state index contributed by atoms with van der Waals surface area (Å²) in [6, 6.07) is 0. The molecule has 0 bridgehead atoms. The summed E-state index contributed by atoms with van der Waals surface area (Å²) in [4.78, 5) is 14.5. The van der Waals surface area contributed by atoms with Crippen molar-refractivity contribution >= 4 is 5.97 Å². The van der Waals surface area contributed by atoms with Crippen LogP contribution >= 0.6 is 0 Å². The van der Waals surface area contributed by atoms with Crippen LogP contribution in [0.15, 0.2) is 0 Å². The minimum absolute atomic E-state index is 0.138. The van der Waals surface area contributed by atoms with Gasteiger partial charge in [0.15, 0.2) is 0 Å². The quantitative estimate of drug-likeness (QED) is 0.750. The average Bonchev–Trinajstić information content (AvgIpc) is 2.61. The lowest BCUT2D eigenvalue weighted by atomic mass is 9.98. The Hall–Kier alpha value is -0.610. The first-order valence-corrected chi connectivity index (χ1v) is 7.60. The van der Waals surface area contributed by atoms with Gasteiger partial charge in [-0.1, -0.05) is 6.92 Å². The minimum Gasteiger partial charge on any atom is -0.465 e. The van der Waals surface area contributed by atoms with E-state index in [1.165, 1.54) is 19.3 Å². The van der Waals surface area contributed by atoms with E-state index in [1.54, 1.807) is 0 Å². The van der Waals surface area contributed by atoms with Crippen LogP contribution in [0.1, 0.15) is 46.5 Å². The number of esters is 1. The summed E-state index contributed by atoms with van der Waals surface area (Å²) >= 11 is 0. The molecule has 1 heterocycles. The zero-order valence-electron chi connectivity index (χ0n) is 13.0. The summed E-state index contributed by atoms with van der Waals surface area (Å²) in [5.41, 5.74) is -0.562. The van der Waals surface area contributed by atoms with E-state index in [2.05, 4.69) is 17.1 Å². The van der Waals surface area contributed by atoms with Crippen LogP contribution in [0.5, 0.6) is 0 Å². The second-order valence-electron chi connectivity index (χ2n) is 5.93. The number of carbonyl (C=O) groups is 1. The molecular weight excluding hydrogens is 240 g/mol. The molecule has 0 spiro atoms. The van der Waals surface area contributed by atoms with E-state index < -0.39 is 5.54 Å². The van der Waals surface area contributed by atoms with Crippen molar-refractivity contribution in [2.24, 2.45) is 5.92 Å². The Morgan fingerprint density at radius 1 is 1.42 bits per heavy atom. The van der Waals surface area contributed by atoms with E-state index in [0.29, 0.717) is 6.61 Å². The lowest BCUT2D eigenvalue weighted by molar-refractivity contribution is -0.150. The Morgan fingerprint density at radius 2 is 2.16 bits per heavy atom. The SMILES string of the molecule is CCOC(=O)C(C)(CCN1CCCC(C)CC1)NC. The molecular formula is C15H30N2O2. The van der Waals surface area contributed by atoms with Crippen LogP contribution in [-0.2, 0) is 9.53 Å². The van der Waals surface area contributed by atoms with Gasteiger partial charge in [0.1, 0.15) is 5.54 Å². The fourth-order valence-corrected chi connectivity index (χ4v) is 2.55. The molecule has 1 fully saturated rings. The van der Waals surface area contributed by atoms with Crippen molar-refractivity contribution in [2.75, 3.05) is 33.3 Å². The molecule has 1 saturated heterocycles. The van der Waals surface area contributed by atoms with Crippen LogP contribution in [0.3, 0.4) is 0 Å². The van der Waals surface area contributed by atoms with Crippen molar-refractivity contribution in [1.29, 1.82) is 0 Å². The highest BCUT2D eigenvalue weighted by atomic mass is 16.5. The van der Waals surface area contributed by atoms with Crippen molar-refractivity contribution in [3.63, 3.8) is 0 Å². The van der Waals surface area contributed by atoms with Crippen LogP contribution in [0.2, 0.25) is 0 Å². The van der Waals surface area contributed by atoms with Gasteiger partial charge >= 0.3 is 5.97 Å². The third-order valence-corrected chi connectivity index (χ3v) is 4.32. The van der Waals surface area contributed by atoms with Gasteiger partial charge in [-0.05, 0) is 65.6 Å². The van der Waals surface area contributed by atoms with E-state index in [9.17, 15) is 4.79 Å². The molecule has 2 atom stereocenters. The second-order valence-corrected chi connectivity index (χ2v) is 5.93. The Morgan fingerprint density at radius 3 is 2.79 bits per heavy atom. The molecule has 0 aliphatic carbocycles. The molecule has 112 valence electrons. The molecule has 0 aromatic heterocycles. The van der Waals surface area contributed by atoms with Gasteiger partial charge in [0.25, 0.3) is 0 Å². The highest BCUT2D eigenvalue weighted by molar-refractivity contribution is 5.80. The number of likely N-dealkylation sites (N-methyl/N-ethyl adjacent to an activating group) is 1. The molecule has 4 heteroatoms. The van der Waals surface area contributed by atoms with Crippen LogP contribution in [0.4, 0.5) is 0 Å². The van der Waals surface area contributed by atoms with E-state index >= 15 is 0 Å². The monoisotopic (exact) mass is 270 g/mol. The Kier molecular flexibility index (Phi) is 6.80. The average molecular weight is 270 g/mol. The van der Waals surface area contributed by atoms with Gasteiger partial charge in [-0.25, -0.2) is 0 Å². The summed E-state index contributed by atoms with van der Waals surface area (Å²) in [5, 5.41) is 3.13. The number of likely N-dealkylation sites (tertiary alicyclic amines) is 1. The molecule has 1 rings (SSSR count). The molecule has 0 radical (unpaired) electrons. The fourth-order valence-electron chi connectivity index (χ4n) is 2.55. The van der Waals surface area contributed by atoms with Crippen LogP contribution in [-0.4, -0.2) is 49.7 Å². The van der Waals surface area contributed by atoms with Crippen molar-refractivity contribution in [3.05, 3.63) is 0 Å². The molecule has 0 amide bonds. The highest BCUT2D eigenvalue weighted by Gasteiger charge is 2.33. The number of rotatable bonds is 6. The summed E-state index contributed by atoms with van der Waals surface area (Å²) in [5.74, 6) is 0.700. The molecule has 0 aromatic carbocycles. The number of hydrogen-bond donors (Lipinski definition) is 1. The Balaban J connectivity index is 2.45. The maximum Gasteiger partial charge on any atom is 0.326 e. The number of nitrogens with zero attached hydrogens (tertiary/aromatic N) is 1. The van der Waals surface area contributed by atoms with E-state index in [1.807, 2.05) is 20.9 Å². The molecule has 1 aliphatic heterocycles. The molecule has 0 aromatic rings. The number of hydrogen-bond acceptors (Lipinski definition) is 4. The van der Waals surface area contributed by atoms with Gasteiger partial charge in [0.2, 0.25) is 0 Å². The van der Waals surface area contributed by atoms with Crippen molar-refractivity contribution < 1.29 is 9.53 Å². The summed E-state index contributed by atoms with van der Waals surface area (Å²) in [6.45, 7) is 9.84. The predicted octanol–water partition coefficient (Wildman–Crippen LogP) is 2.04. The Labute approximate surface area is 117 Å². The van der Waals surface area contributed by atoms with Crippen LogP contribution < -0.4 is 5.32 Å². The first-order chi connectivity index (χ1) is 9.01. The Bertz CT molecular complexity index is 283. The first kappa shape index (κ1) is 16.4. The largest absolute Gasteiger partial charge is 0.465 e. The van der Waals surface area contributed by atoms with Gasteiger partial charge in [-0.2, -0.15) is 0 Å².